The summed E-state index contributed by atoms with van der Waals surface area (Å²) in [6.45, 7) is 3.92. The number of aromatic amines is 1. The Bertz CT molecular complexity index is 1330. The van der Waals surface area contributed by atoms with E-state index >= 15 is 0 Å². The average Bonchev–Trinajstić information content (AvgIpc) is 3.05. The molecule has 0 bridgehead atoms. The Hall–Kier alpha value is -3.20. The third-order valence-electron chi connectivity index (χ3n) is 4.60. The maximum absolute atomic E-state index is 12.8. The first-order chi connectivity index (χ1) is 13.6. The Morgan fingerprint density at radius 3 is 2.48 bits per heavy atom. The topological polar surface area (TPSA) is 67.8 Å². The molecule has 0 radical (unpaired) electrons. The number of alkyl halides is 3. The minimum Gasteiger partial charge on any atom is -0.303 e. The zero-order chi connectivity index (χ0) is 20.9. The van der Waals surface area contributed by atoms with Crippen molar-refractivity contribution in [2.75, 3.05) is 0 Å². The highest BCUT2D eigenvalue weighted by atomic mass is 32.1. The molecule has 0 atom stereocenters. The van der Waals surface area contributed by atoms with Gasteiger partial charge in [-0.1, -0.05) is 17.7 Å². The van der Waals surface area contributed by atoms with Gasteiger partial charge in [-0.2, -0.15) is 17.5 Å². The summed E-state index contributed by atoms with van der Waals surface area (Å²) >= 11 is 1.27. The summed E-state index contributed by atoms with van der Waals surface area (Å²) in [5.74, 6) is 0. The highest BCUT2D eigenvalue weighted by Gasteiger charge is 2.33. The molecule has 9 heteroatoms. The third kappa shape index (κ3) is 3.38. The first-order valence-electron chi connectivity index (χ1n) is 8.56. The minimum absolute atomic E-state index is 0.171. The van der Waals surface area contributed by atoms with E-state index in [1.165, 1.54) is 17.6 Å². The molecule has 2 heterocycles. The van der Waals surface area contributed by atoms with Gasteiger partial charge < -0.3 is 4.98 Å². The molecule has 148 valence electrons. The number of nitrogens with one attached hydrogen (secondary N) is 1. The molecule has 4 rings (SSSR count). The molecule has 0 aliphatic rings. The summed E-state index contributed by atoms with van der Waals surface area (Å²) in [5.41, 5.74) is 0.266. The van der Waals surface area contributed by atoms with E-state index in [9.17, 15) is 22.8 Å². The van der Waals surface area contributed by atoms with Gasteiger partial charge in [0.25, 0.3) is 5.56 Å². The van der Waals surface area contributed by atoms with Gasteiger partial charge in [0.15, 0.2) is 0 Å². The predicted molar refractivity (Wildman–Crippen MR) is 106 cm³/mol. The first kappa shape index (κ1) is 19.1. The monoisotopic (exact) mass is 417 g/mol. The van der Waals surface area contributed by atoms with E-state index in [1.54, 1.807) is 17.1 Å². The molecule has 0 amide bonds. The van der Waals surface area contributed by atoms with Crippen molar-refractivity contribution in [1.82, 2.24) is 13.9 Å². The lowest BCUT2D eigenvalue weighted by Crippen LogP contribution is -2.35. The van der Waals surface area contributed by atoms with Crippen molar-refractivity contribution >= 4 is 21.6 Å². The van der Waals surface area contributed by atoms with Crippen LogP contribution in [0.1, 0.15) is 16.8 Å². The van der Waals surface area contributed by atoms with Crippen LogP contribution in [0.25, 0.3) is 27.0 Å². The maximum Gasteiger partial charge on any atom is 0.431 e. The number of fused-ring (bicyclic) bond motifs is 1. The molecule has 0 aliphatic carbocycles. The van der Waals surface area contributed by atoms with Gasteiger partial charge in [0.1, 0.15) is 5.69 Å². The summed E-state index contributed by atoms with van der Waals surface area (Å²) in [6, 6.07) is 11.1. The highest BCUT2D eigenvalue weighted by molar-refractivity contribution is 7.13. The Morgan fingerprint density at radius 2 is 1.79 bits per heavy atom. The number of aromatic nitrogens is 3. The van der Waals surface area contributed by atoms with Crippen molar-refractivity contribution in [1.29, 1.82) is 0 Å². The first-order valence-corrected chi connectivity index (χ1v) is 9.33. The summed E-state index contributed by atoms with van der Waals surface area (Å²) in [7, 11) is 0. The Kier molecular flexibility index (Phi) is 4.42. The van der Waals surface area contributed by atoms with Gasteiger partial charge in [-0.05, 0) is 55.2 Å². The normalized spacial score (nSPS) is 11.9. The van der Waals surface area contributed by atoms with Gasteiger partial charge in [-0.15, -0.1) is 0 Å². The summed E-state index contributed by atoms with van der Waals surface area (Å²) < 4.78 is 44.5. The van der Waals surface area contributed by atoms with Crippen LogP contribution in [-0.2, 0) is 6.18 Å². The quantitative estimate of drug-likeness (QED) is 0.524. The van der Waals surface area contributed by atoms with E-state index in [-0.39, 0.29) is 5.69 Å². The number of H-pyrrole nitrogens is 1. The molecule has 4 aromatic rings. The Labute approximate surface area is 166 Å². The summed E-state index contributed by atoms with van der Waals surface area (Å²) in [6.07, 6.45) is -4.81. The van der Waals surface area contributed by atoms with Crippen LogP contribution in [0.4, 0.5) is 13.2 Å². The molecule has 0 saturated heterocycles. The molecule has 2 aromatic carbocycles. The molecule has 0 aliphatic heterocycles. The second-order valence-electron chi connectivity index (χ2n) is 6.69. The van der Waals surface area contributed by atoms with Gasteiger partial charge in [0.2, 0.25) is 0 Å². The fraction of sp³-hybridized carbons (Fsp3) is 0.150. The molecule has 29 heavy (non-hydrogen) atoms. The van der Waals surface area contributed by atoms with Crippen LogP contribution in [-0.4, -0.2) is 13.9 Å². The molecule has 0 fully saturated rings. The van der Waals surface area contributed by atoms with Gasteiger partial charge in [-0.25, -0.2) is 9.36 Å². The van der Waals surface area contributed by atoms with Crippen LogP contribution in [0.15, 0.2) is 52.1 Å². The lowest BCUT2D eigenvalue weighted by Gasteiger charge is -2.09. The van der Waals surface area contributed by atoms with Crippen molar-refractivity contribution in [3.8, 4) is 16.9 Å². The fourth-order valence-electron chi connectivity index (χ4n) is 3.14. The van der Waals surface area contributed by atoms with Crippen LogP contribution in [0.5, 0.6) is 0 Å². The van der Waals surface area contributed by atoms with Crippen molar-refractivity contribution in [2.24, 2.45) is 0 Å². The van der Waals surface area contributed by atoms with Crippen LogP contribution >= 0.6 is 11.5 Å². The second kappa shape index (κ2) is 6.70. The van der Waals surface area contributed by atoms with Crippen LogP contribution in [0.3, 0.4) is 0 Å². The van der Waals surface area contributed by atoms with Crippen LogP contribution in [0, 0.1) is 13.8 Å². The zero-order valence-corrected chi connectivity index (χ0v) is 16.1. The zero-order valence-electron chi connectivity index (χ0n) is 15.3. The molecule has 0 unspecified atom stereocenters. The van der Waals surface area contributed by atoms with E-state index in [1.807, 2.05) is 32.0 Å². The van der Waals surface area contributed by atoms with Crippen molar-refractivity contribution in [3.05, 3.63) is 80.1 Å². The lowest BCUT2D eigenvalue weighted by molar-refractivity contribution is -0.141. The van der Waals surface area contributed by atoms with Crippen LogP contribution in [0.2, 0.25) is 0 Å². The van der Waals surface area contributed by atoms with E-state index in [2.05, 4.69) is 4.37 Å². The summed E-state index contributed by atoms with van der Waals surface area (Å²) in [4.78, 5) is 26.2. The Balaban J connectivity index is 1.93. The molecule has 5 nitrogen and oxygen atoms in total. The largest absolute Gasteiger partial charge is 0.431 e. The number of nitrogens with zero attached hydrogens (tertiary/aromatic N) is 2. The van der Waals surface area contributed by atoms with Crippen molar-refractivity contribution in [2.45, 2.75) is 20.0 Å². The fourth-order valence-corrected chi connectivity index (χ4v) is 3.91. The molecule has 0 saturated carbocycles. The Morgan fingerprint density at radius 1 is 1.03 bits per heavy atom. The molecular weight excluding hydrogens is 403 g/mol. The van der Waals surface area contributed by atoms with Crippen molar-refractivity contribution < 1.29 is 13.2 Å². The maximum atomic E-state index is 12.8. The van der Waals surface area contributed by atoms with Gasteiger partial charge in [0, 0.05) is 17.0 Å². The van der Waals surface area contributed by atoms with E-state index in [0.717, 1.165) is 21.4 Å². The van der Waals surface area contributed by atoms with Gasteiger partial charge in [-0.3, -0.25) is 4.79 Å². The SMILES string of the molecule is Cc1ccc(C)c(-c2nsc3ccc(-n4c(=O)cc(C(F)(F)F)[nH]c4=O)cc23)c1. The number of aryl methyl sites for hydroxylation is 2. The predicted octanol–water partition coefficient (Wildman–Crippen LogP) is 4.44. The minimum atomic E-state index is -4.81. The molecule has 0 spiro atoms. The second-order valence-corrected chi connectivity index (χ2v) is 7.49. The molecular formula is C20H14F3N3O2S. The summed E-state index contributed by atoms with van der Waals surface area (Å²) in [5, 5.41) is 0.715. The number of hydrogen-bond acceptors (Lipinski definition) is 4. The number of benzene rings is 2. The molecule has 2 aromatic heterocycles. The highest BCUT2D eigenvalue weighted by Crippen LogP contribution is 2.34. The molecule has 1 N–H and O–H groups in total. The lowest BCUT2D eigenvalue weighted by atomic mass is 10.0. The number of rotatable bonds is 2. The van der Waals surface area contributed by atoms with Gasteiger partial charge in [0.05, 0.1) is 16.1 Å². The number of hydrogen-bond donors (Lipinski definition) is 1. The average molecular weight is 417 g/mol. The van der Waals surface area contributed by atoms with E-state index < -0.39 is 23.1 Å². The van der Waals surface area contributed by atoms with Crippen molar-refractivity contribution in [3.63, 3.8) is 0 Å². The third-order valence-corrected chi connectivity index (χ3v) is 5.42. The van der Waals surface area contributed by atoms with E-state index in [0.29, 0.717) is 21.7 Å². The number of halogens is 3. The van der Waals surface area contributed by atoms with E-state index in [4.69, 9.17) is 0 Å². The van der Waals surface area contributed by atoms with Gasteiger partial charge >= 0.3 is 11.9 Å². The standard InChI is InChI=1S/C20H14F3N3O2S/c1-10-3-4-11(2)13(7-10)18-14-8-12(5-6-15(14)29-25-18)26-17(27)9-16(20(21,22)23)24-19(26)28/h3-9H,1-2H3,(H,24,28). The smallest absolute Gasteiger partial charge is 0.303 e. The van der Waals surface area contributed by atoms with Crippen LogP contribution < -0.4 is 11.2 Å².